The highest BCUT2D eigenvalue weighted by Gasteiger charge is 2.24. The number of nitriles is 1. The van der Waals surface area contributed by atoms with E-state index in [-0.39, 0.29) is 29.0 Å². The maximum atomic E-state index is 14.3. The van der Waals surface area contributed by atoms with Crippen LogP contribution in [-0.4, -0.2) is 37.6 Å². The van der Waals surface area contributed by atoms with Gasteiger partial charge in [0.1, 0.15) is 5.54 Å². The molecule has 0 spiro atoms. The minimum absolute atomic E-state index is 0.0721. The Kier molecular flexibility index (Phi) is 6.24. The average molecular weight is 423 g/mol. The van der Waals surface area contributed by atoms with Gasteiger partial charge in [0.15, 0.2) is 5.15 Å². The van der Waals surface area contributed by atoms with E-state index >= 15 is 0 Å². The summed E-state index contributed by atoms with van der Waals surface area (Å²) >= 11 is 5.92. The molecule has 2 heterocycles. The third-order valence-electron chi connectivity index (χ3n) is 5.04. The van der Waals surface area contributed by atoms with Crippen molar-refractivity contribution in [3.63, 3.8) is 0 Å². The van der Waals surface area contributed by atoms with Crippen LogP contribution in [0.25, 0.3) is 0 Å². The summed E-state index contributed by atoms with van der Waals surface area (Å²) in [6.45, 7) is 5.55. The number of aryl methyl sites for hydroxylation is 1. The van der Waals surface area contributed by atoms with Gasteiger partial charge in [0.2, 0.25) is 11.8 Å². The Balaban J connectivity index is 1.75. The summed E-state index contributed by atoms with van der Waals surface area (Å²) in [5.74, 6) is -0.730. The van der Waals surface area contributed by atoms with Crippen molar-refractivity contribution >= 4 is 23.2 Å². The van der Waals surface area contributed by atoms with E-state index in [9.17, 15) is 14.8 Å². The average Bonchev–Trinajstić information content (AvgIpc) is 3.06. The molecule has 1 aliphatic carbocycles. The molecular weight excluding hydrogens is 399 g/mol. The molecule has 0 amide bonds. The predicted molar refractivity (Wildman–Crippen MR) is 106 cm³/mol. The van der Waals surface area contributed by atoms with Crippen LogP contribution in [0.4, 0.5) is 16.0 Å². The smallest absolute Gasteiger partial charge is 0.257 e. The molecule has 1 fully saturated rings. The molecule has 0 atom stereocenters. The first-order valence-corrected chi connectivity index (χ1v) is 9.86. The highest BCUT2D eigenvalue weighted by molar-refractivity contribution is 6.29. The molecule has 0 bridgehead atoms. The minimum Gasteiger partial charge on any atom is -0.475 e. The van der Waals surface area contributed by atoms with E-state index in [2.05, 4.69) is 26.5 Å². The lowest BCUT2D eigenvalue weighted by atomic mass is 9.88. The first kappa shape index (κ1) is 21.3. The fraction of sp³-hybridized carbons (Fsp3) is 0.579. The van der Waals surface area contributed by atoms with E-state index in [0.29, 0.717) is 18.0 Å². The Morgan fingerprint density at radius 1 is 1.38 bits per heavy atom. The Bertz CT molecular complexity index is 918. The first-order valence-electron chi connectivity index (χ1n) is 9.48. The lowest BCUT2D eigenvalue weighted by Crippen LogP contribution is -2.24. The zero-order chi connectivity index (χ0) is 21.2. The van der Waals surface area contributed by atoms with Gasteiger partial charge in [-0.1, -0.05) is 11.6 Å². The van der Waals surface area contributed by atoms with Crippen molar-refractivity contribution in [3.8, 4) is 11.9 Å². The number of aliphatic hydroxyl groups excluding tert-OH is 1. The minimum atomic E-state index is -0.826. The number of nitrogens with one attached hydrogen (secondary N) is 1. The van der Waals surface area contributed by atoms with Crippen molar-refractivity contribution in [1.29, 1.82) is 5.26 Å². The molecule has 1 aliphatic rings. The number of halogens is 2. The third-order valence-corrected chi connectivity index (χ3v) is 5.29. The van der Waals surface area contributed by atoms with Crippen molar-refractivity contribution in [2.24, 2.45) is 5.92 Å². The number of nitrogens with zero attached hydrogens (tertiary/aromatic N) is 5. The van der Waals surface area contributed by atoms with Crippen LogP contribution in [-0.2, 0) is 5.54 Å². The van der Waals surface area contributed by atoms with Crippen molar-refractivity contribution in [2.45, 2.75) is 58.1 Å². The Morgan fingerprint density at radius 3 is 2.72 bits per heavy atom. The molecule has 0 aliphatic heterocycles. The largest absolute Gasteiger partial charge is 0.475 e. The second kappa shape index (κ2) is 8.51. The number of aliphatic hydroxyl groups is 1. The molecule has 1 saturated carbocycles. The second-order valence-corrected chi connectivity index (χ2v) is 8.17. The number of hydrogen-bond acceptors (Lipinski definition) is 7. The van der Waals surface area contributed by atoms with E-state index in [4.69, 9.17) is 16.3 Å². The number of hydrogen-bond donors (Lipinski definition) is 2. The SMILES string of the molecule is Cc1nn(C(C)(C)C#N)cc1Nc1nc(Cl)c(F)c(OC[C@H]2CC[C@H](O)CC2)n1. The molecule has 29 heavy (non-hydrogen) atoms. The Hall–Kier alpha value is -2.44. The topological polar surface area (TPSA) is 109 Å². The van der Waals surface area contributed by atoms with Crippen LogP contribution in [0, 0.1) is 30.0 Å². The van der Waals surface area contributed by atoms with E-state index in [1.54, 1.807) is 27.0 Å². The number of anilines is 2. The fourth-order valence-electron chi connectivity index (χ4n) is 3.10. The van der Waals surface area contributed by atoms with Gasteiger partial charge >= 0.3 is 0 Å². The summed E-state index contributed by atoms with van der Waals surface area (Å²) in [7, 11) is 0. The molecule has 2 aromatic rings. The molecule has 10 heteroatoms. The van der Waals surface area contributed by atoms with Gasteiger partial charge in [0.25, 0.3) is 5.88 Å². The molecule has 0 aromatic carbocycles. The summed E-state index contributed by atoms with van der Waals surface area (Å²) in [5, 5.41) is 25.8. The van der Waals surface area contributed by atoms with Crippen LogP contribution in [0.15, 0.2) is 6.20 Å². The highest BCUT2D eigenvalue weighted by Crippen LogP contribution is 2.29. The summed E-state index contributed by atoms with van der Waals surface area (Å²) in [6, 6.07) is 2.17. The van der Waals surface area contributed by atoms with Crippen molar-refractivity contribution in [1.82, 2.24) is 19.7 Å². The standard InChI is InChI=1S/C19H24ClFN6O2/c1-11-14(8-27(26-11)19(2,3)10-22)23-18-24-16(20)15(21)17(25-18)29-9-12-4-6-13(28)7-5-12/h8,12-13,28H,4-7,9H2,1-3H3,(H,23,24,25)/t12-,13-. The predicted octanol–water partition coefficient (Wildman–Crippen LogP) is 3.71. The van der Waals surface area contributed by atoms with Crippen LogP contribution in [0.5, 0.6) is 5.88 Å². The summed E-state index contributed by atoms with van der Waals surface area (Å²) in [6.07, 6.45) is 4.47. The van der Waals surface area contributed by atoms with Gasteiger partial charge in [-0.25, -0.2) is 0 Å². The van der Waals surface area contributed by atoms with Gasteiger partial charge in [0, 0.05) is 0 Å². The maximum Gasteiger partial charge on any atom is 0.257 e. The monoisotopic (exact) mass is 422 g/mol. The van der Waals surface area contributed by atoms with Gasteiger partial charge in [0.05, 0.1) is 36.4 Å². The second-order valence-electron chi connectivity index (χ2n) is 7.81. The van der Waals surface area contributed by atoms with Crippen LogP contribution >= 0.6 is 11.6 Å². The van der Waals surface area contributed by atoms with Gasteiger partial charge in [-0.3, -0.25) is 4.68 Å². The van der Waals surface area contributed by atoms with E-state index in [0.717, 1.165) is 25.7 Å². The molecule has 2 N–H and O–H groups in total. The fourth-order valence-corrected chi connectivity index (χ4v) is 3.26. The third kappa shape index (κ3) is 4.95. The zero-order valence-electron chi connectivity index (χ0n) is 16.6. The molecule has 2 aromatic heterocycles. The Morgan fingerprint density at radius 2 is 2.07 bits per heavy atom. The van der Waals surface area contributed by atoms with E-state index in [1.807, 2.05) is 0 Å². The molecule has 3 rings (SSSR count). The maximum absolute atomic E-state index is 14.3. The van der Waals surface area contributed by atoms with Gasteiger partial charge in [-0.05, 0) is 52.4 Å². The first-order chi connectivity index (χ1) is 13.7. The van der Waals surface area contributed by atoms with Crippen LogP contribution in [0.3, 0.4) is 0 Å². The number of rotatable bonds is 6. The van der Waals surface area contributed by atoms with Crippen LogP contribution in [0.1, 0.15) is 45.2 Å². The van der Waals surface area contributed by atoms with E-state index in [1.165, 1.54) is 4.68 Å². The molecule has 8 nitrogen and oxygen atoms in total. The van der Waals surface area contributed by atoms with Crippen molar-refractivity contribution in [3.05, 3.63) is 22.9 Å². The highest BCUT2D eigenvalue weighted by atomic mass is 35.5. The molecule has 0 unspecified atom stereocenters. The lowest BCUT2D eigenvalue weighted by Gasteiger charge is -2.25. The normalized spacial score (nSPS) is 19.6. The summed E-state index contributed by atoms with van der Waals surface area (Å²) in [4.78, 5) is 8.02. The summed E-state index contributed by atoms with van der Waals surface area (Å²) < 4.78 is 21.4. The molecule has 156 valence electrons. The quantitative estimate of drug-likeness (QED) is 0.683. The zero-order valence-corrected chi connectivity index (χ0v) is 17.4. The molecular formula is C19H24ClFN6O2. The van der Waals surface area contributed by atoms with E-state index < -0.39 is 11.4 Å². The molecule has 0 radical (unpaired) electrons. The van der Waals surface area contributed by atoms with Crippen molar-refractivity contribution in [2.75, 3.05) is 11.9 Å². The van der Waals surface area contributed by atoms with Gasteiger partial charge in [-0.15, -0.1) is 0 Å². The van der Waals surface area contributed by atoms with Crippen molar-refractivity contribution < 1.29 is 14.2 Å². The molecule has 0 saturated heterocycles. The van der Waals surface area contributed by atoms with Crippen LogP contribution in [0.2, 0.25) is 5.15 Å². The number of aromatic nitrogens is 4. The number of ether oxygens (including phenoxy) is 1. The lowest BCUT2D eigenvalue weighted by molar-refractivity contribution is 0.0899. The van der Waals surface area contributed by atoms with Crippen LogP contribution < -0.4 is 10.1 Å². The van der Waals surface area contributed by atoms with Gasteiger partial charge < -0.3 is 15.2 Å². The van der Waals surface area contributed by atoms with Gasteiger partial charge in [-0.2, -0.15) is 24.7 Å². The summed E-state index contributed by atoms with van der Waals surface area (Å²) in [5.41, 5.74) is 0.372. The Labute approximate surface area is 173 Å².